The Balaban J connectivity index is 2.36. The molecule has 4 nitrogen and oxygen atoms in total. The molecule has 0 unspecified atom stereocenters. The minimum absolute atomic E-state index is 0.0703. The second-order valence-electron chi connectivity index (χ2n) is 6.31. The average Bonchev–Trinajstić information content (AvgIpc) is 2.52. The average molecular weight is 329 g/mol. The summed E-state index contributed by atoms with van der Waals surface area (Å²) in [5.41, 5.74) is 8.91. The molecule has 5 heteroatoms. The predicted molar refractivity (Wildman–Crippen MR) is 94.9 cm³/mol. The minimum Gasteiger partial charge on any atom is -0.397 e. The summed E-state index contributed by atoms with van der Waals surface area (Å²) >= 11 is 1.39. The van der Waals surface area contributed by atoms with Gasteiger partial charge in [-0.05, 0) is 49.7 Å². The predicted octanol–water partition coefficient (Wildman–Crippen LogP) is 4.45. The molecule has 1 aromatic heterocycles. The van der Waals surface area contributed by atoms with Crippen molar-refractivity contribution in [2.24, 2.45) is 5.41 Å². The maximum absolute atomic E-state index is 12.7. The van der Waals surface area contributed by atoms with Gasteiger partial charge in [-0.1, -0.05) is 26.8 Å². The van der Waals surface area contributed by atoms with Crippen LogP contribution in [0, 0.1) is 19.3 Å². The third kappa shape index (κ3) is 3.72. The molecular formula is C18H23N3OS. The van der Waals surface area contributed by atoms with Crippen LogP contribution in [0.25, 0.3) is 0 Å². The zero-order chi connectivity index (χ0) is 17.2. The van der Waals surface area contributed by atoms with Crippen molar-refractivity contribution >= 4 is 23.2 Å². The third-order valence-electron chi connectivity index (χ3n) is 4.21. The molecule has 122 valence electrons. The molecule has 0 aliphatic heterocycles. The SMILES string of the molecule is CCC(C)(C)C(=O)c1cccc(Sc2ncc(C)c(C)n2)c1N. The number of nitrogens with two attached hydrogens (primary N) is 1. The Kier molecular flexibility index (Phi) is 5.09. The van der Waals surface area contributed by atoms with Gasteiger partial charge in [0.1, 0.15) is 0 Å². The number of aromatic nitrogens is 2. The second kappa shape index (κ2) is 6.71. The maximum Gasteiger partial charge on any atom is 0.192 e. The summed E-state index contributed by atoms with van der Waals surface area (Å²) < 4.78 is 0. The quantitative estimate of drug-likeness (QED) is 0.499. The number of nitrogen functional groups attached to an aromatic ring is 1. The van der Waals surface area contributed by atoms with Crippen LogP contribution >= 0.6 is 11.8 Å². The molecule has 0 saturated heterocycles. The van der Waals surface area contributed by atoms with E-state index in [0.717, 1.165) is 22.6 Å². The number of benzene rings is 1. The first-order valence-electron chi connectivity index (χ1n) is 7.67. The fraction of sp³-hybridized carbons (Fsp3) is 0.389. The number of carbonyl (C=O) groups excluding carboxylic acids is 1. The van der Waals surface area contributed by atoms with Crippen molar-refractivity contribution in [3.8, 4) is 0 Å². The van der Waals surface area contributed by atoms with Gasteiger partial charge in [0.15, 0.2) is 10.9 Å². The first kappa shape index (κ1) is 17.5. The van der Waals surface area contributed by atoms with E-state index in [1.807, 2.05) is 46.8 Å². The number of anilines is 1. The molecule has 0 aliphatic rings. The van der Waals surface area contributed by atoms with E-state index in [2.05, 4.69) is 9.97 Å². The lowest BCUT2D eigenvalue weighted by Gasteiger charge is -2.22. The first-order valence-corrected chi connectivity index (χ1v) is 8.49. The number of para-hydroxylation sites is 1. The Morgan fingerprint density at radius 1 is 1.30 bits per heavy atom. The van der Waals surface area contributed by atoms with E-state index in [1.165, 1.54) is 11.8 Å². The number of carbonyl (C=O) groups is 1. The van der Waals surface area contributed by atoms with Crippen LogP contribution in [0.15, 0.2) is 34.4 Å². The van der Waals surface area contributed by atoms with Crippen LogP contribution in [0.4, 0.5) is 5.69 Å². The monoisotopic (exact) mass is 329 g/mol. The van der Waals surface area contributed by atoms with Gasteiger partial charge in [-0.25, -0.2) is 9.97 Å². The van der Waals surface area contributed by atoms with Crippen molar-refractivity contribution in [2.45, 2.75) is 51.1 Å². The topological polar surface area (TPSA) is 68.9 Å². The Morgan fingerprint density at radius 3 is 2.61 bits per heavy atom. The van der Waals surface area contributed by atoms with Crippen molar-refractivity contribution in [1.29, 1.82) is 0 Å². The first-order chi connectivity index (χ1) is 10.8. The van der Waals surface area contributed by atoms with Crippen LogP contribution in [0.5, 0.6) is 0 Å². The molecule has 2 N–H and O–H groups in total. The molecule has 0 atom stereocenters. The van der Waals surface area contributed by atoms with E-state index < -0.39 is 5.41 Å². The van der Waals surface area contributed by atoms with Crippen LogP contribution in [-0.4, -0.2) is 15.8 Å². The van der Waals surface area contributed by atoms with Crippen molar-refractivity contribution in [1.82, 2.24) is 9.97 Å². The minimum atomic E-state index is -0.422. The van der Waals surface area contributed by atoms with Gasteiger partial charge < -0.3 is 5.73 Å². The highest BCUT2D eigenvalue weighted by atomic mass is 32.2. The van der Waals surface area contributed by atoms with Crippen molar-refractivity contribution in [3.63, 3.8) is 0 Å². The van der Waals surface area contributed by atoms with Gasteiger partial charge in [-0.3, -0.25) is 4.79 Å². The van der Waals surface area contributed by atoms with Crippen LogP contribution in [0.3, 0.4) is 0 Å². The normalized spacial score (nSPS) is 11.5. The summed E-state index contributed by atoms with van der Waals surface area (Å²) in [5, 5.41) is 0.638. The Hall–Kier alpha value is -1.88. The Bertz CT molecular complexity index is 741. The molecule has 0 saturated carbocycles. The molecule has 23 heavy (non-hydrogen) atoms. The molecule has 0 fully saturated rings. The standard InChI is InChI=1S/C18H23N3OS/c1-6-18(4,5)16(22)13-8-7-9-14(15(13)19)23-17-20-10-11(2)12(3)21-17/h7-10H,6,19H2,1-5H3. The fourth-order valence-electron chi connectivity index (χ4n) is 2.01. The van der Waals surface area contributed by atoms with E-state index in [9.17, 15) is 4.79 Å². The summed E-state index contributed by atoms with van der Waals surface area (Å²) in [5.74, 6) is 0.0703. The van der Waals surface area contributed by atoms with Gasteiger partial charge in [0.05, 0.1) is 5.69 Å². The maximum atomic E-state index is 12.7. The van der Waals surface area contributed by atoms with E-state index in [-0.39, 0.29) is 5.78 Å². The molecule has 1 heterocycles. The summed E-state index contributed by atoms with van der Waals surface area (Å²) in [6.45, 7) is 9.83. The number of hydrogen-bond donors (Lipinski definition) is 1. The van der Waals surface area contributed by atoms with E-state index >= 15 is 0 Å². The second-order valence-corrected chi connectivity index (χ2v) is 7.32. The summed E-state index contributed by atoms with van der Waals surface area (Å²) in [6, 6.07) is 5.55. The van der Waals surface area contributed by atoms with Crippen LogP contribution in [-0.2, 0) is 0 Å². The van der Waals surface area contributed by atoms with Crippen molar-refractivity contribution in [3.05, 3.63) is 41.2 Å². The molecule has 0 radical (unpaired) electrons. The smallest absolute Gasteiger partial charge is 0.192 e. The van der Waals surface area contributed by atoms with Crippen LogP contribution in [0.2, 0.25) is 0 Å². The zero-order valence-corrected chi connectivity index (χ0v) is 15.1. The summed E-state index contributed by atoms with van der Waals surface area (Å²) in [6.07, 6.45) is 2.57. The molecule has 1 aromatic carbocycles. The van der Waals surface area contributed by atoms with Crippen LogP contribution < -0.4 is 5.73 Å². The number of hydrogen-bond acceptors (Lipinski definition) is 5. The third-order valence-corrected chi connectivity index (χ3v) is 5.17. The van der Waals surface area contributed by atoms with Gasteiger partial charge in [-0.2, -0.15) is 0 Å². The molecule has 2 aromatic rings. The van der Waals surface area contributed by atoms with Gasteiger partial charge in [0.2, 0.25) is 0 Å². The highest BCUT2D eigenvalue weighted by Gasteiger charge is 2.28. The van der Waals surface area contributed by atoms with Gasteiger partial charge in [0.25, 0.3) is 0 Å². The molecular weight excluding hydrogens is 306 g/mol. The van der Waals surface area contributed by atoms with Crippen molar-refractivity contribution < 1.29 is 4.79 Å². The van der Waals surface area contributed by atoms with E-state index in [4.69, 9.17) is 5.73 Å². The zero-order valence-electron chi connectivity index (χ0n) is 14.3. The van der Waals surface area contributed by atoms with Crippen LogP contribution in [0.1, 0.15) is 48.8 Å². The molecule has 0 bridgehead atoms. The number of Topliss-reactive ketones (excluding diaryl/α,β-unsaturated/α-hetero) is 1. The number of rotatable bonds is 5. The van der Waals surface area contributed by atoms with E-state index in [0.29, 0.717) is 16.4 Å². The summed E-state index contributed by atoms with van der Waals surface area (Å²) in [4.78, 5) is 22.3. The number of ketones is 1. The molecule has 0 amide bonds. The van der Waals surface area contributed by atoms with Gasteiger partial charge in [0, 0.05) is 27.8 Å². The summed E-state index contributed by atoms with van der Waals surface area (Å²) in [7, 11) is 0. The van der Waals surface area contributed by atoms with Crippen molar-refractivity contribution in [2.75, 3.05) is 5.73 Å². The Labute approximate surface area is 141 Å². The molecule has 0 spiro atoms. The lowest BCUT2D eigenvalue weighted by Crippen LogP contribution is -2.24. The van der Waals surface area contributed by atoms with E-state index in [1.54, 1.807) is 12.3 Å². The fourth-order valence-corrected chi connectivity index (χ4v) is 2.86. The van der Waals surface area contributed by atoms with Gasteiger partial charge in [-0.15, -0.1) is 0 Å². The van der Waals surface area contributed by atoms with Gasteiger partial charge >= 0.3 is 0 Å². The molecule has 0 aliphatic carbocycles. The number of aryl methyl sites for hydroxylation is 2. The Morgan fingerprint density at radius 2 is 2.00 bits per heavy atom. The largest absolute Gasteiger partial charge is 0.397 e. The highest BCUT2D eigenvalue weighted by Crippen LogP contribution is 2.35. The lowest BCUT2D eigenvalue weighted by molar-refractivity contribution is 0.0834. The molecule has 2 rings (SSSR count). The lowest BCUT2D eigenvalue weighted by atomic mass is 9.81. The highest BCUT2D eigenvalue weighted by molar-refractivity contribution is 7.99. The number of nitrogens with zero attached hydrogens (tertiary/aromatic N) is 2.